The molecule has 2 aromatic heterocycles. The van der Waals surface area contributed by atoms with Gasteiger partial charge in [0.15, 0.2) is 8.32 Å². The molecule has 0 saturated carbocycles. The second kappa shape index (κ2) is 9.32. The highest BCUT2D eigenvalue weighted by Crippen LogP contribution is 2.48. The fourth-order valence-corrected chi connectivity index (χ4v) is 5.65. The van der Waals surface area contributed by atoms with Gasteiger partial charge in [0.25, 0.3) is 5.56 Å². The molecule has 2 heterocycles. The molecule has 0 fully saturated rings. The lowest BCUT2D eigenvalue weighted by molar-refractivity contribution is 0.0872. The predicted octanol–water partition coefficient (Wildman–Crippen LogP) is 6.69. The number of aryl methyl sites for hydroxylation is 1. The van der Waals surface area contributed by atoms with Crippen molar-refractivity contribution >= 4 is 8.32 Å². The minimum atomic E-state index is -1.98. The van der Waals surface area contributed by atoms with Crippen molar-refractivity contribution in [1.82, 2.24) is 4.57 Å². The highest BCUT2D eigenvalue weighted by molar-refractivity contribution is 6.74. The van der Waals surface area contributed by atoms with Gasteiger partial charge in [-0.3, -0.25) is 4.79 Å². The third-order valence-corrected chi connectivity index (χ3v) is 11.9. The number of furan rings is 1. The molecule has 32 heavy (non-hydrogen) atoms. The van der Waals surface area contributed by atoms with E-state index in [2.05, 4.69) is 53.8 Å². The first-order valence-corrected chi connectivity index (χ1v) is 14.8. The summed E-state index contributed by atoms with van der Waals surface area (Å²) in [4.78, 5) is 13.6. The zero-order valence-electron chi connectivity index (χ0n) is 21.4. The first-order valence-electron chi connectivity index (χ1n) is 11.9. The highest BCUT2D eigenvalue weighted by Gasteiger charge is 2.44. The highest BCUT2D eigenvalue weighted by atomic mass is 28.4. The van der Waals surface area contributed by atoms with Gasteiger partial charge in [-0.05, 0) is 73.5 Å². The first-order chi connectivity index (χ1) is 14.9. The summed E-state index contributed by atoms with van der Waals surface area (Å²) in [6.07, 6.45) is 2.54. The largest absolute Gasteiger partial charge is 0.467 e. The molecule has 0 N–H and O–H groups in total. The Kier molecular flexibility index (Phi) is 7.28. The van der Waals surface area contributed by atoms with Crippen LogP contribution < -0.4 is 5.56 Å². The van der Waals surface area contributed by atoms with Gasteiger partial charge in [0.05, 0.1) is 19.0 Å². The van der Waals surface area contributed by atoms with Gasteiger partial charge in [-0.25, -0.2) is 0 Å². The quantitative estimate of drug-likeness (QED) is 0.413. The maximum absolute atomic E-state index is 13.6. The van der Waals surface area contributed by atoms with Crippen LogP contribution in [-0.2, 0) is 28.9 Å². The van der Waals surface area contributed by atoms with Crippen molar-refractivity contribution in [3.05, 3.63) is 56.9 Å². The Bertz CT molecular complexity index is 996. The third-order valence-electron chi connectivity index (χ3n) is 7.46. The van der Waals surface area contributed by atoms with Gasteiger partial charge in [-0.1, -0.05) is 34.6 Å². The number of nitrogens with zero attached hydrogens (tertiary/aromatic N) is 1. The van der Waals surface area contributed by atoms with Crippen LogP contribution in [0.3, 0.4) is 0 Å². The Balaban J connectivity index is 1.96. The van der Waals surface area contributed by atoms with Crippen molar-refractivity contribution in [2.24, 2.45) is 5.92 Å². The van der Waals surface area contributed by atoms with Gasteiger partial charge < -0.3 is 18.1 Å². The molecule has 0 aromatic carbocycles. The average molecular weight is 460 g/mol. The van der Waals surface area contributed by atoms with E-state index in [-0.39, 0.29) is 22.6 Å². The second-order valence-corrected chi connectivity index (χ2v) is 15.8. The van der Waals surface area contributed by atoms with Crippen molar-refractivity contribution in [3.8, 4) is 0 Å². The molecule has 0 spiro atoms. The van der Waals surface area contributed by atoms with Gasteiger partial charge >= 0.3 is 0 Å². The topological polar surface area (TPSA) is 53.6 Å². The number of rotatable bonds is 8. The van der Waals surface area contributed by atoms with Crippen LogP contribution in [0.4, 0.5) is 0 Å². The number of fused-ring (bicyclic) bond motifs is 1. The Morgan fingerprint density at radius 1 is 1.25 bits per heavy atom. The van der Waals surface area contributed by atoms with Crippen LogP contribution in [0.1, 0.15) is 88.1 Å². The summed E-state index contributed by atoms with van der Waals surface area (Å²) in [7, 11) is -1.98. The van der Waals surface area contributed by atoms with E-state index >= 15 is 0 Å². The lowest BCUT2D eigenvalue weighted by atomic mass is 9.90. The van der Waals surface area contributed by atoms with Crippen molar-refractivity contribution in [1.29, 1.82) is 0 Å². The minimum Gasteiger partial charge on any atom is -0.467 e. The molecular weight excluding hydrogens is 418 g/mol. The van der Waals surface area contributed by atoms with E-state index in [1.807, 2.05) is 24.5 Å². The molecule has 3 rings (SSSR count). The summed E-state index contributed by atoms with van der Waals surface area (Å²) in [5.74, 6) is 1.45. The van der Waals surface area contributed by atoms with E-state index in [9.17, 15) is 4.79 Å². The third kappa shape index (κ3) is 4.82. The van der Waals surface area contributed by atoms with E-state index in [0.29, 0.717) is 25.7 Å². The first kappa shape index (κ1) is 25.0. The predicted molar refractivity (Wildman–Crippen MR) is 132 cm³/mol. The molecule has 0 unspecified atom stereocenters. The summed E-state index contributed by atoms with van der Waals surface area (Å²) in [6, 6.07) is 4.11. The summed E-state index contributed by atoms with van der Waals surface area (Å²) >= 11 is 0. The molecule has 0 radical (unpaired) electrons. The molecule has 0 amide bonds. The summed E-state index contributed by atoms with van der Waals surface area (Å²) in [5.41, 5.74) is 4.15. The van der Waals surface area contributed by atoms with Crippen LogP contribution in [0.15, 0.2) is 27.6 Å². The summed E-state index contributed by atoms with van der Waals surface area (Å²) in [6.45, 7) is 21.2. The number of hydrogen-bond donors (Lipinski definition) is 0. The Labute approximate surface area is 194 Å². The lowest BCUT2D eigenvalue weighted by Crippen LogP contribution is -2.41. The summed E-state index contributed by atoms with van der Waals surface area (Å²) in [5, 5.41) is 0.119. The van der Waals surface area contributed by atoms with Crippen LogP contribution in [0.2, 0.25) is 18.1 Å². The number of ether oxygens (including phenoxy) is 1. The normalized spacial score (nSPS) is 19.1. The van der Waals surface area contributed by atoms with Crippen LogP contribution in [0.25, 0.3) is 0 Å². The molecule has 0 aliphatic heterocycles. The Morgan fingerprint density at radius 2 is 1.94 bits per heavy atom. The molecular formula is C26H41NO4Si. The molecule has 0 saturated heterocycles. The smallest absolute Gasteiger partial charge is 0.254 e. The minimum absolute atomic E-state index is 0.0245. The molecule has 1 aliphatic carbocycles. The lowest BCUT2D eigenvalue weighted by Gasteiger charge is -2.38. The summed E-state index contributed by atoms with van der Waals surface area (Å²) < 4.78 is 20.2. The van der Waals surface area contributed by atoms with Gasteiger partial charge in [0.1, 0.15) is 12.4 Å². The van der Waals surface area contributed by atoms with Gasteiger partial charge in [0, 0.05) is 17.8 Å². The molecule has 1 aliphatic rings. The van der Waals surface area contributed by atoms with E-state index in [0.717, 1.165) is 34.6 Å². The van der Waals surface area contributed by atoms with Gasteiger partial charge in [0.2, 0.25) is 0 Å². The van der Waals surface area contributed by atoms with E-state index in [1.165, 1.54) is 0 Å². The van der Waals surface area contributed by atoms with Crippen LogP contribution in [0, 0.1) is 12.8 Å². The van der Waals surface area contributed by atoms with Crippen molar-refractivity contribution < 1.29 is 13.6 Å². The van der Waals surface area contributed by atoms with E-state index < -0.39 is 8.32 Å². The maximum Gasteiger partial charge on any atom is 0.254 e. The Morgan fingerprint density at radius 3 is 2.47 bits per heavy atom. The number of aromatic nitrogens is 1. The fraction of sp³-hybridized carbons (Fsp3) is 0.654. The molecule has 2 atom stereocenters. The van der Waals surface area contributed by atoms with Crippen LogP contribution >= 0.6 is 0 Å². The Hall–Kier alpha value is -1.63. The van der Waals surface area contributed by atoms with E-state index in [4.69, 9.17) is 13.6 Å². The van der Waals surface area contributed by atoms with Gasteiger partial charge in [-0.2, -0.15) is 0 Å². The van der Waals surface area contributed by atoms with E-state index in [1.54, 1.807) is 6.26 Å². The molecule has 6 heteroatoms. The zero-order chi connectivity index (χ0) is 23.8. The second-order valence-electron chi connectivity index (χ2n) is 11.0. The zero-order valence-corrected chi connectivity index (χ0v) is 22.4. The van der Waals surface area contributed by atoms with Crippen LogP contribution in [-0.4, -0.2) is 12.9 Å². The standard InChI is InChI=1S/C26H41NO4Si/c1-10-27-19(15-29-16-23-18(4)11-12-30-23)13-21-22(31-32(8,9)26(5,6)7)14-20(17(2)3)24(21)25(27)28/h11-13,17,20,22H,10,14-16H2,1-9H3/t20-,22-/m1/s1. The number of hydrogen-bond acceptors (Lipinski definition) is 4. The van der Waals surface area contributed by atoms with Crippen molar-refractivity contribution in [2.45, 2.75) is 105 Å². The van der Waals surface area contributed by atoms with Crippen molar-refractivity contribution in [2.75, 3.05) is 0 Å². The SMILES string of the molecule is CCn1c(COCc2occc2C)cc2c(c1=O)[C@@H](C(C)C)C[C@H]2O[Si](C)(C)C(C)(C)C. The molecule has 0 bridgehead atoms. The average Bonchev–Trinajstić information content (AvgIpc) is 3.25. The molecule has 178 valence electrons. The number of pyridine rings is 1. The van der Waals surface area contributed by atoms with Crippen molar-refractivity contribution in [3.63, 3.8) is 0 Å². The van der Waals surface area contributed by atoms with Gasteiger partial charge in [-0.15, -0.1) is 0 Å². The molecule has 2 aromatic rings. The fourth-order valence-electron chi connectivity index (χ4n) is 4.37. The molecule has 5 nitrogen and oxygen atoms in total. The van der Waals surface area contributed by atoms with Crippen LogP contribution in [0.5, 0.6) is 0 Å². The monoisotopic (exact) mass is 459 g/mol. The maximum atomic E-state index is 13.6.